The zero-order valence-corrected chi connectivity index (χ0v) is 8.29. The van der Waals surface area contributed by atoms with Gasteiger partial charge < -0.3 is 9.47 Å². The van der Waals surface area contributed by atoms with E-state index in [-0.39, 0.29) is 6.10 Å². The van der Waals surface area contributed by atoms with Crippen LogP contribution in [0.25, 0.3) is 0 Å². The minimum absolute atomic E-state index is 0.245. The maximum Gasteiger partial charge on any atom is 0.123 e. The number of ether oxygens (including phenoxy) is 2. The number of epoxide rings is 1. The van der Waals surface area contributed by atoms with Crippen molar-refractivity contribution in [1.29, 1.82) is 0 Å². The number of hydrogen-bond donors (Lipinski definition) is 0. The first-order valence-corrected chi connectivity index (χ1v) is 5.31. The van der Waals surface area contributed by atoms with Crippen LogP contribution in [-0.2, 0) is 9.47 Å². The van der Waals surface area contributed by atoms with E-state index in [9.17, 15) is 0 Å². The molecule has 2 atom stereocenters. The van der Waals surface area contributed by atoms with Gasteiger partial charge in [-0.15, -0.1) is 0 Å². The molecule has 1 aliphatic heterocycles. The van der Waals surface area contributed by atoms with Crippen LogP contribution in [0.15, 0.2) is 11.8 Å². The Kier molecular flexibility index (Phi) is 2.89. The Labute approximate surface area is 79.9 Å². The van der Waals surface area contributed by atoms with Crippen LogP contribution in [0.4, 0.5) is 0 Å². The average Bonchev–Trinajstić information content (AvgIpc) is 2.99. The lowest BCUT2D eigenvalue weighted by Crippen LogP contribution is -2.12. The van der Waals surface area contributed by atoms with Crippen LogP contribution < -0.4 is 0 Å². The molecule has 2 nitrogen and oxygen atoms in total. The van der Waals surface area contributed by atoms with Gasteiger partial charge in [-0.3, -0.25) is 0 Å². The van der Waals surface area contributed by atoms with Gasteiger partial charge in [-0.05, 0) is 38.2 Å². The fourth-order valence-corrected chi connectivity index (χ4v) is 1.74. The molecule has 74 valence electrons. The first-order valence-electron chi connectivity index (χ1n) is 5.31. The largest absolute Gasteiger partial charge is 0.496 e. The van der Waals surface area contributed by atoms with Crippen molar-refractivity contribution >= 4 is 0 Å². The molecule has 1 saturated carbocycles. The van der Waals surface area contributed by atoms with Crippen molar-refractivity contribution in [2.24, 2.45) is 0 Å². The van der Waals surface area contributed by atoms with Crippen molar-refractivity contribution in [3.63, 3.8) is 0 Å². The van der Waals surface area contributed by atoms with Crippen molar-refractivity contribution < 1.29 is 9.47 Å². The number of allylic oxidation sites excluding steroid dienone is 1. The van der Waals surface area contributed by atoms with E-state index in [1.807, 2.05) is 6.26 Å². The predicted octanol–water partition coefficient (Wildman–Crippen LogP) is 2.64. The third-order valence-electron chi connectivity index (χ3n) is 2.83. The van der Waals surface area contributed by atoms with Gasteiger partial charge in [0.25, 0.3) is 0 Å². The molecule has 2 aliphatic rings. The first kappa shape index (κ1) is 9.07. The summed E-state index contributed by atoms with van der Waals surface area (Å²) in [7, 11) is 0. The minimum Gasteiger partial charge on any atom is -0.496 e. The normalized spacial score (nSPS) is 29.6. The van der Waals surface area contributed by atoms with Gasteiger partial charge in [-0.25, -0.2) is 0 Å². The molecule has 2 unspecified atom stereocenters. The molecule has 0 N–H and O–H groups in total. The van der Waals surface area contributed by atoms with Crippen molar-refractivity contribution in [2.45, 2.75) is 51.2 Å². The van der Waals surface area contributed by atoms with Gasteiger partial charge in [0, 0.05) is 0 Å². The monoisotopic (exact) mass is 182 g/mol. The molecule has 2 fully saturated rings. The fraction of sp³-hybridized carbons (Fsp3) is 0.818. The molecule has 13 heavy (non-hydrogen) atoms. The maximum atomic E-state index is 5.62. The van der Waals surface area contributed by atoms with Gasteiger partial charge in [0.2, 0.25) is 0 Å². The van der Waals surface area contributed by atoms with Crippen molar-refractivity contribution in [1.82, 2.24) is 0 Å². The summed E-state index contributed by atoms with van der Waals surface area (Å²) in [5, 5.41) is 0. The molecular formula is C11H18O2. The molecule has 0 radical (unpaired) electrons. The van der Waals surface area contributed by atoms with Gasteiger partial charge >= 0.3 is 0 Å². The first-order chi connectivity index (χ1) is 6.36. The molecular weight excluding hydrogens is 164 g/mol. The second kappa shape index (κ2) is 4.14. The zero-order valence-electron chi connectivity index (χ0n) is 8.29. The number of hydrogen-bond acceptors (Lipinski definition) is 2. The topological polar surface area (TPSA) is 21.8 Å². The molecule has 0 bridgehead atoms. The Balaban J connectivity index is 1.74. The summed E-state index contributed by atoms with van der Waals surface area (Å²) in [5.74, 6) is 0. The summed E-state index contributed by atoms with van der Waals surface area (Å²) in [4.78, 5) is 0. The average molecular weight is 182 g/mol. The Hall–Kier alpha value is -0.500. The predicted molar refractivity (Wildman–Crippen MR) is 51.5 cm³/mol. The van der Waals surface area contributed by atoms with Crippen LogP contribution in [0, 0.1) is 0 Å². The zero-order chi connectivity index (χ0) is 9.10. The van der Waals surface area contributed by atoms with Crippen LogP contribution in [0.3, 0.4) is 0 Å². The Bertz CT molecular complexity index is 186. The molecule has 0 spiro atoms. The highest BCUT2D eigenvalue weighted by Crippen LogP contribution is 2.24. The van der Waals surface area contributed by atoms with Crippen molar-refractivity contribution in [3.05, 3.63) is 11.8 Å². The smallest absolute Gasteiger partial charge is 0.123 e. The van der Waals surface area contributed by atoms with Crippen LogP contribution >= 0.6 is 0 Å². The van der Waals surface area contributed by atoms with E-state index in [1.165, 1.54) is 37.7 Å². The van der Waals surface area contributed by atoms with Gasteiger partial charge in [-0.2, -0.15) is 0 Å². The molecule has 2 heteroatoms. The quantitative estimate of drug-likeness (QED) is 0.494. The summed E-state index contributed by atoms with van der Waals surface area (Å²) >= 11 is 0. The van der Waals surface area contributed by atoms with Crippen molar-refractivity contribution in [3.8, 4) is 0 Å². The minimum atomic E-state index is 0.245. The molecule has 0 amide bonds. The van der Waals surface area contributed by atoms with Crippen molar-refractivity contribution in [2.75, 3.05) is 6.61 Å². The Morgan fingerprint density at radius 1 is 1.38 bits per heavy atom. The molecule has 1 heterocycles. The molecule has 0 aromatic heterocycles. The maximum absolute atomic E-state index is 5.62. The lowest BCUT2D eigenvalue weighted by Gasteiger charge is -2.15. The van der Waals surface area contributed by atoms with Gasteiger partial charge in [0.15, 0.2) is 0 Å². The summed E-state index contributed by atoms with van der Waals surface area (Å²) in [6.07, 6.45) is 9.11. The van der Waals surface area contributed by atoms with E-state index >= 15 is 0 Å². The van der Waals surface area contributed by atoms with Crippen LogP contribution in [-0.4, -0.2) is 18.8 Å². The standard InChI is InChI=1S/C11H18O2/c1-9(11-8-13-11)12-7-10-5-3-2-4-6-10/h7,9,11H,2-6,8H2,1H3. The van der Waals surface area contributed by atoms with Gasteiger partial charge in [0.05, 0.1) is 12.9 Å². The summed E-state index contributed by atoms with van der Waals surface area (Å²) in [6.45, 7) is 2.96. The number of rotatable bonds is 3. The fourth-order valence-electron chi connectivity index (χ4n) is 1.74. The van der Waals surface area contributed by atoms with Gasteiger partial charge in [0.1, 0.15) is 12.2 Å². The van der Waals surface area contributed by atoms with E-state index < -0.39 is 0 Å². The second-order valence-corrected chi connectivity index (χ2v) is 4.05. The lowest BCUT2D eigenvalue weighted by atomic mass is 9.96. The Morgan fingerprint density at radius 2 is 2.08 bits per heavy atom. The summed E-state index contributed by atoms with van der Waals surface area (Å²) in [6, 6.07) is 0. The molecule has 1 saturated heterocycles. The second-order valence-electron chi connectivity index (χ2n) is 4.05. The van der Waals surface area contributed by atoms with E-state index in [2.05, 4.69) is 6.92 Å². The van der Waals surface area contributed by atoms with E-state index in [4.69, 9.17) is 9.47 Å². The van der Waals surface area contributed by atoms with E-state index in [0.29, 0.717) is 6.10 Å². The highest BCUT2D eigenvalue weighted by molar-refractivity contribution is 5.00. The van der Waals surface area contributed by atoms with E-state index in [0.717, 1.165) is 6.61 Å². The third kappa shape index (κ3) is 2.73. The molecule has 1 aliphatic carbocycles. The summed E-state index contributed by atoms with van der Waals surface area (Å²) in [5.41, 5.74) is 1.48. The molecule has 0 aromatic rings. The molecule has 2 rings (SSSR count). The lowest BCUT2D eigenvalue weighted by molar-refractivity contribution is 0.124. The summed E-state index contributed by atoms with van der Waals surface area (Å²) < 4.78 is 10.8. The SMILES string of the molecule is CC(OC=C1CCCCC1)C1CO1. The van der Waals surface area contributed by atoms with Gasteiger partial charge in [-0.1, -0.05) is 6.42 Å². The highest BCUT2D eigenvalue weighted by atomic mass is 16.6. The Morgan fingerprint density at radius 3 is 2.69 bits per heavy atom. The van der Waals surface area contributed by atoms with Crippen LogP contribution in [0.1, 0.15) is 39.0 Å². The van der Waals surface area contributed by atoms with Crippen LogP contribution in [0.2, 0.25) is 0 Å². The third-order valence-corrected chi connectivity index (χ3v) is 2.83. The highest BCUT2D eigenvalue weighted by Gasteiger charge is 2.30. The molecule has 0 aromatic carbocycles. The van der Waals surface area contributed by atoms with E-state index in [1.54, 1.807) is 0 Å². The van der Waals surface area contributed by atoms with Crippen LogP contribution in [0.5, 0.6) is 0 Å².